The van der Waals surface area contributed by atoms with Crippen LogP contribution in [-0.2, 0) is 14.8 Å². The van der Waals surface area contributed by atoms with Gasteiger partial charge in [0.25, 0.3) is 0 Å². The van der Waals surface area contributed by atoms with E-state index < -0.39 is 10.0 Å². The van der Waals surface area contributed by atoms with Gasteiger partial charge in [0.2, 0.25) is 15.9 Å². The van der Waals surface area contributed by atoms with Gasteiger partial charge in [-0.3, -0.25) is 9.10 Å². The van der Waals surface area contributed by atoms with Gasteiger partial charge >= 0.3 is 0 Å². The van der Waals surface area contributed by atoms with E-state index in [0.29, 0.717) is 5.69 Å². The average Bonchev–Trinajstić information content (AvgIpc) is 2.54. The van der Waals surface area contributed by atoms with Crippen LogP contribution in [-0.4, -0.2) is 27.1 Å². The maximum Gasteiger partial charge on any atom is 0.241 e. The van der Waals surface area contributed by atoms with Gasteiger partial charge in [-0.05, 0) is 62.6 Å². The highest BCUT2D eigenvalue weighted by Crippen LogP contribution is 2.25. The molecule has 0 saturated carbocycles. The zero-order valence-corrected chi connectivity index (χ0v) is 18.6. The first-order chi connectivity index (χ1) is 12.5. The van der Waals surface area contributed by atoms with Crippen LogP contribution in [0.3, 0.4) is 0 Å². The van der Waals surface area contributed by atoms with E-state index in [1.54, 1.807) is 18.2 Å². The minimum Gasteiger partial charge on any atom is -0.348 e. The number of aryl methyl sites for hydroxylation is 3. The van der Waals surface area contributed by atoms with Crippen LogP contribution >= 0.6 is 15.9 Å². The van der Waals surface area contributed by atoms with Crippen molar-refractivity contribution in [2.24, 2.45) is 0 Å². The summed E-state index contributed by atoms with van der Waals surface area (Å²) in [5.41, 5.74) is 4.62. The number of halogens is 1. The summed E-state index contributed by atoms with van der Waals surface area (Å²) >= 11 is 3.40. The van der Waals surface area contributed by atoms with E-state index in [4.69, 9.17) is 0 Å². The standard InChI is InChI=1S/C20H25BrN2O3S/c1-13-6-8-18(14(2)10-13)16(4)22-20(24)12-23(27(5,25)26)17-7-9-19(21)15(3)11-17/h6-11,16H,12H2,1-5H3,(H,22,24)/t16-/m0/s1. The largest absolute Gasteiger partial charge is 0.348 e. The van der Waals surface area contributed by atoms with Gasteiger partial charge in [0.1, 0.15) is 6.54 Å². The number of rotatable bonds is 6. The molecule has 0 bridgehead atoms. The lowest BCUT2D eigenvalue weighted by atomic mass is 10.0. The van der Waals surface area contributed by atoms with Crippen molar-refractivity contribution in [3.63, 3.8) is 0 Å². The van der Waals surface area contributed by atoms with Crippen molar-refractivity contribution < 1.29 is 13.2 Å². The molecule has 1 N–H and O–H groups in total. The number of amides is 1. The lowest BCUT2D eigenvalue weighted by Gasteiger charge is -2.24. The maximum absolute atomic E-state index is 12.6. The molecule has 0 saturated heterocycles. The summed E-state index contributed by atoms with van der Waals surface area (Å²) in [6, 6.07) is 11.0. The van der Waals surface area contributed by atoms with Crippen LogP contribution in [0.5, 0.6) is 0 Å². The predicted molar refractivity (Wildman–Crippen MR) is 114 cm³/mol. The van der Waals surface area contributed by atoms with Crippen molar-refractivity contribution in [3.8, 4) is 0 Å². The number of carbonyl (C=O) groups excluding carboxylic acids is 1. The maximum atomic E-state index is 12.6. The molecule has 0 aliphatic rings. The number of nitrogens with one attached hydrogen (secondary N) is 1. The Hall–Kier alpha value is -1.86. The molecule has 27 heavy (non-hydrogen) atoms. The van der Waals surface area contributed by atoms with Crippen molar-refractivity contribution in [3.05, 3.63) is 63.1 Å². The molecule has 2 rings (SSSR count). The van der Waals surface area contributed by atoms with Crippen LogP contribution < -0.4 is 9.62 Å². The summed E-state index contributed by atoms with van der Waals surface area (Å²) in [5.74, 6) is -0.353. The second-order valence-corrected chi connectivity index (χ2v) is 9.61. The third-order valence-electron chi connectivity index (χ3n) is 4.39. The van der Waals surface area contributed by atoms with E-state index in [2.05, 4.69) is 27.3 Å². The second kappa shape index (κ2) is 8.44. The van der Waals surface area contributed by atoms with Crippen LogP contribution in [0.1, 0.15) is 35.2 Å². The summed E-state index contributed by atoms with van der Waals surface area (Å²) in [6.07, 6.45) is 1.10. The fourth-order valence-electron chi connectivity index (χ4n) is 2.99. The Labute approximate surface area is 170 Å². The summed E-state index contributed by atoms with van der Waals surface area (Å²) < 4.78 is 26.5. The van der Waals surface area contributed by atoms with Gasteiger partial charge in [-0.1, -0.05) is 39.7 Å². The topological polar surface area (TPSA) is 66.5 Å². The molecular weight excluding hydrogens is 428 g/mol. The zero-order valence-electron chi connectivity index (χ0n) is 16.2. The molecule has 0 radical (unpaired) electrons. The van der Waals surface area contributed by atoms with Crippen molar-refractivity contribution in [2.75, 3.05) is 17.1 Å². The Bertz CT molecular complexity index is 958. The summed E-state index contributed by atoms with van der Waals surface area (Å²) in [4.78, 5) is 12.6. The predicted octanol–water partition coefficient (Wildman–Crippen LogP) is 4.02. The fraction of sp³-hybridized carbons (Fsp3) is 0.350. The number of hydrogen-bond donors (Lipinski definition) is 1. The molecule has 0 aromatic heterocycles. The quantitative estimate of drug-likeness (QED) is 0.719. The summed E-state index contributed by atoms with van der Waals surface area (Å²) in [6.45, 7) is 7.51. The smallest absolute Gasteiger partial charge is 0.241 e. The van der Waals surface area contributed by atoms with Gasteiger partial charge in [0, 0.05) is 4.47 Å². The van der Waals surface area contributed by atoms with Crippen molar-refractivity contribution >= 4 is 37.5 Å². The van der Waals surface area contributed by atoms with Crippen LogP contribution in [0.25, 0.3) is 0 Å². The molecule has 5 nitrogen and oxygen atoms in total. The van der Waals surface area contributed by atoms with Gasteiger partial charge in [-0.2, -0.15) is 0 Å². The molecule has 0 aliphatic heterocycles. The molecule has 0 aliphatic carbocycles. The van der Waals surface area contributed by atoms with Crippen molar-refractivity contribution in [1.29, 1.82) is 0 Å². The first-order valence-electron chi connectivity index (χ1n) is 8.59. The van der Waals surface area contributed by atoms with E-state index in [-0.39, 0.29) is 18.5 Å². The lowest BCUT2D eigenvalue weighted by molar-refractivity contribution is -0.120. The molecular formula is C20H25BrN2O3S. The second-order valence-electron chi connectivity index (χ2n) is 6.85. The number of benzene rings is 2. The van der Waals surface area contributed by atoms with Crippen molar-refractivity contribution in [2.45, 2.75) is 33.7 Å². The molecule has 2 aromatic carbocycles. The van der Waals surface area contributed by atoms with E-state index >= 15 is 0 Å². The average molecular weight is 453 g/mol. The Morgan fingerprint density at radius 3 is 2.33 bits per heavy atom. The van der Waals surface area contributed by atoms with Gasteiger partial charge in [-0.15, -0.1) is 0 Å². The van der Waals surface area contributed by atoms with Crippen LogP contribution in [0.15, 0.2) is 40.9 Å². The fourth-order valence-corrected chi connectivity index (χ4v) is 4.09. The van der Waals surface area contributed by atoms with Gasteiger partial charge < -0.3 is 5.32 Å². The Balaban J connectivity index is 2.20. The Kier molecular flexibility index (Phi) is 6.70. The van der Waals surface area contributed by atoms with Gasteiger partial charge in [0.05, 0.1) is 18.0 Å². The minimum absolute atomic E-state index is 0.217. The minimum atomic E-state index is -3.60. The highest BCUT2D eigenvalue weighted by molar-refractivity contribution is 9.10. The third kappa shape index (κ3) is 5.56. The Morgan fingerprint density at radius 1 is 1.11 bits per heavy atom. The zero-order chi connectivity index (χ0) is 20.4. The molecule has 0 spiro atoms. The van der Waals surface area contributed by atoms with Gasteiger partial charge in [0.15, 0.2) is 0 Å². The first-order valence-corrected chi connectivity index (χ1v) is 11.2. The van der Waals surface area contributed by atoms with Gasteiger partial charge in [-0.25, -0.2) is 8.42 Å². The number of hydrogen-bond acceptors (Lipinski definition) is 3. The molecule has 0 fully saturated rings. The van der Waals surface area contributed by atoms with Crippen molar-refractivity contribution in [1.82, 2.24) is 5.32 Å². The van der Waals surface area contributed by atoms with E-state index in [0.717, 1.165) is 37.3 Å². The van der Waals surface area contributed by atoms with E-state index in [9.17, 15) is 13.2 Å². The monoisotopic (exact) mass is 452 g/mol. The van der Waals surface area contributed by atoms with Crippen LogP contribution in [0.4, 0.5) is 5.69 Å². The Morgan fingerprint density at radius 2 is 1.78 bits per heavy atom. The first kappa shape index (κ1) is 21.4. The van der Waals surface area contributed by atoms with E-state index in [1.165, 1.54) is 0 Å². The molecule has 1 atom stereocenters. The van der Waals surface area contributed by atoms with Crippen LogP contribution in [0.2, 0.25) is 0 Å². The number of sulfonamides is 1. The van der Waals surface area contributed by atoms with E-state index in [1.807, 2.05) is 39.8 Å². The normalized spacial score (nSPS) is 12.5. The van der Waals surface area contributed by atoms with Crippen LogP contribution in [0, 0.1) is 20.8 Å². The third-order valence-corrected chi connectivity index (χ3v) is 6.42. The molecule has 0 heterocycles. The summed E-state index contributed by atoms with van der Waals surface area (Å²) in [5, 5.41) is 2.90. The highest BCUT2D eigenvalue weighted by atomic mass is 79.9. The summed E-state index contributed by atoms with van der Waals surface area (Å²) in [7, 11) is -3.60. The number of nitrogens with zero attached hydrogens (tertiary/aromatic N) is 1. The molecule has 1 amide bonds. The highest BCUT2D eigenvalue weighted by Gasteiger charge is 2.22. The molecule has 0 unspecified atom stereocenters. The number of anilines is 1. The lowest BCUT2D eigenvalue weighted by Crippen LogP contribution is -2.41. The SMILES string of the molecule is Cc1ccc([C@H](C)NC(=O)CN(c2ccc(Br)c(C)c2)S(C)(=O)=O)c(C)c1. The number of carbonyl (C=O) groups is 1. The molecule has 146 valence electrons. The molecule has 2 aromatic rings. The molecule has 7 heteroatoms.